The quantitative estimate of drug-likeness (QED) is 0.766. The van der Waals surface area contributed by atoms with E-state index in [2.05, 4.69) is 17.3 Å². The standard InChI is InChI=1S/C14H25N3O/c1-17(11-3-2-4-11)12-7-8-14(9-12,13(15)18)16-10-5-6-10/h10-12,16H,2-9H2,1H3,(H2,15,18). The van der Waals surface area contributed by atoms with Crippen molar-refractivity contribution in [3.05, 3.63) is 0 Å². The molecule has 3 aliphatic rings. The summed E-state index contributed by atoms with van der Waals surface area (Å²) in [4.78, 5) is 14.4. The summed E-state index contributed by atoms with van der Waals surface area (Å²) in [7, 11) is 2.22. The Bertz CT molecular complexity index is 338. The Hall–Kier alpha value is -0.610. The van der Waals surface area contributed by atoms with Crippen LogP contribution in [0.25, 0.3) is 0 Å². The first-order chi connectivity index (χ1) is 8.61. The number of carbonyl (C=O) groups excluding carboxylic acids is 1. The summed E-state index contributed by atoms with van der Waals surface area (Å²) in [5.74, 6) is -0.140. The number of amides is 1. The van der Waals surface area contributed by atoms with Gasteiger partial charge in [0.25, 0.3) is 0 Å². The van der Waals surface area contributed by atoms with Crippen molar-refractivity contribution in [3.63, 3.8) is 0 Å². The summed E-state index contributed by atoms with van der Waals surface area (Å²) in [5.41, 5.74) is 5.26. The number of nitrogens with two attached hydrogens (primary N) is 1. The van der Waals surface area contributed by atoms with E-state index in [4.69, 9.17) is 5.73 Å². The van der Waals surface area contributed by atoms with Gasteiger partial charge in [-0.2, -0.15) is 0 Å². The van der Waals surface area contributed by atoms with Crippen molar-refractivity contribution >= 4 is 5.91 Å². The minimum Gasteiger partial charge on any atom is -0.368 e. The van der Waals surface area contributed by atoms with Gasteiger partial charge in [-0.1, -0.05) is 6.42 Å². The van der Waals surface area contributed by atoms with Crippen LogP contribution in [0.15, 0.2) is 0 Å². The van der Waals surface area contributed by atoms with E-state index in [0.29, 0.717) is 12.1 Å². The summed E-state index contributed by atoms with van der Waals surface area (Å²) >= 11 is 0. The maximum atomic E-state index is 11.8. The first-order valence-corrected chi connectivity index (χ1v) is 7.40. The number of rotatable bonds is 5. The highest BCUT2D eigenvalue weighted by Crippen LogP contribution is 2.38. The van der Waals surface area contributed by atoms with Gasteiger partial charge < -0.3 is 16.0 Å². The average molecular weight is 251 g/mol. The molecule has 0 saturated heterocycles. The van der Waals surface area contributed by atoms with Crippen LogP contribution in [0.5, 0.6) is 0 Å². The van der Waals surface area contributed by atoms with Crippen LogP contribution in [0, 0.1) is 0 Å². The SMILES string of the molecule is CN(C1CCC1)C1CCC(NC2CC2)(C(N)=O)C1. The second kappa shape index (κ2) is 4.49. The fourth-order valence-electron chi connectivity index (χ4n) is 3.50. The third-order valence-corrected chi connectivity index (χ3v) is 5.24. The molecular weight excluding hydrogens is 226 g/mol. The van der Waals surface area contributed by atoms with Crippen LogP contribution in [-0.2, 0) is 4.79 Å². The minimum absolute atomic E-state index is 0.140. The van der Waals surface area contributed by atoms with Crippen LogP contribution >= 0.6 is 0 Å². The van der Waals surface area contributed by atoms with E-state index >= 15 is 0 Å². The molecule has 4 heteroatoms. The third kappa shape index (κ3) is 2.16. The second-order valence-electron chi connectivity index (χ2n) is 6.51. The van der Waals surface area contributed by atoms with Gasteiger partial charge >= 0.3 is 0 Å². The molecule has 3 fully saturated rings. The zero-order valence-electron chi connectivity index (χ0n) is 11.3. The highest BCUT2D eigenvalue weighted by molar-refractivity contribution is 5.85. The van der Waals surface area contributed by atoms with Gasteiger partial charge in [0.1, 0.15) is 0 Å². The smallest absolute Gasteiger partial charge is 0.237 e. The van der Waals surface area contributed by atoms with Crippen molar-refractivity contribution in [2.45, 2.75) is 75.0 Å². The van der Waals surface area contributed by atoms with Crippen LogP contribution in [0.3, 0.4) is 0 Å². The van der Waals surface area contributed by atoms with E-state index < -0.39 is 5.54 Å². The van der Waals surface area contributed by atoms with Crippen LogP contribution in [-0.4, -0.2) is 41.5 Å². The summed E-state index contributed by atoms with van der Waals surface area (Å²) in [5, 5.41) is 3.52. The van der Waals surface area contributed by atoms with Gasteiger partial charge in [-0.3, -0.25) is 4.79 Å². The molecule has 0 heterocycles. The Morgan fingerprint density at radius 1 is 1.22 bits per heavy atom. The van der Waals surface area contributed by atoms with Crippen molar-refractivity contribution in [2.75, 3.05) is 7.05 Å². The molecule has 0 aromatic rings. The van der Waals surface area contributed by atoms with Gasteiger partial charge in [0.2, 0.25) is 5.91 Å². The van der Waals surface area contributed by atoms with E-state index in [1.165, 1.54) is 32.1 Å². The lowest BCUT2D eigenvalue weighted by Crippen LogP contribution is -2.55. The minimum atomic E-state index is -0.413. The largest absolute Gasteiger partial charge is 0.368 e. The predicted molar refractivity (Wildman–Crippen MR) is 71.1 cm³/mol. The number of carbonyl (C=O) groups is 1. The molecule has 2 atom stereocenters. The molecule has 1 amide bonds. The van der Waals surface area contributed by atoms with Crippen LogP contribution in [0.4, 0.5) is 0 Å². The van der Waals surface area contributed by atoms with Gasteiger partial charge in [0.05, 0.1) is 5.54 Å². The number of nitrogens with zero attached hydrogens (tertiary/aromatic N) is 1. The molecule has 18 heavy (non-hydrogen) atoms. The van der Waals surface area contributed by atoms with Gasteiger partial charge in [0, 0.05) is 18.1 Å². The molecule has 3 N–H and O–H groups in total. The summed E-state index contributed by atoms with van der Waals surface area (Å²) in [6.07, 6.45) is 9.36. The molecule has 0 aromatic carbocycles. The molecule has 3 rings (SSSR count). The van der Waals surface area contributed by atoms with Gasteiger partial charge in [-0.05, 0) is 52.0 Å². The third-order valence-electron chi connectivity index (χ3n) is 5.24. The number of hydrogen-bond donors (Lipinski definition) is 2. The molecule has 3 aliphatic carbocycles. The van der Waals surface area contributed by atoms with E-state index in [1.807, 2.05) is 0 Å². The van der Waals surface area contributed by atoms with Crippen molar-refractivity contribution in [1.29, 1.82) is 0 Å². The van der Waals surface area contributed by atoms with Crippen molar-refractivity contribution < 1.29 is 4.79 Å². The zero-order chi connectivity index (χ0) is 12.8. The number of hydrogen-bond acceptors (Lipinski definition) is 3. The molecule has 0 radical (unpaired) electrons. The molecule has 0 aromatic heterocycles. The summed E-state index contributed by atoms with van der Waals surface area (Å²) in [6, 6.07) is 1.83. The second-order valence-corrected chi connectivity index (χ2v) is 6.51. The number of primary amides is 1. The van der Waals surface area contributed by atoms with Crippen molar-refractivity contribution in [3.8, 4) is 0 Å². The number of nitrogens with one attached hydrogen (secondary N) is 1. The molecular formula is C14H25N3O. The van der Waals surface area contributed by atoms with E-state index in [9.17, 15) is 4.79 Å². The van der Waals surface area contributed by atoms with Gasteiger partial charge in [-0.25, -0.2) is 0 Å². The van der Waals surface area contributed by atoms with Gasteiger partial charge in [0.15, 0.2) is 0 Å². The summed E-state index contributed by atoms with van der Waals surface area (Å²) in [6.45, 7) is 0. The van der Waals surface area contributed by atoms with Crippen LogP contribution in [0.1, 0.15) is 51.4 Å². The maximum Gasteiger partial charge on any atom is 0.237 e. The maximum absolute atomic E-state index is 11.8. The van der Waals surface area contributed by atoms with E-state index in [-0.39, 0.29) is 5.91 Å². The Labute approximate surface area is 109 Å². The Morgan fingerprint density at radius 2 is 1.94 bits per heavy atom. The fraction of sp³-hybridized carbons (Fsp3) is 0.929. The van der Waals surface area contributed by atoms with E-state index in [1.54, 1.807) is 0 Å². The predicted octanol–water partition coefficient (Wildman–Crippen LogP) is 0.999. The molecule has 102 valence electrons. The lowest BCUT2D eigenvalue weighted by atomic mass is 9.90. The molecule has 0 spiro atoms. The Kier molecular flexibility index (Phi) is 3.10. The monoisotopic (exact) mass is 251 g/mol. The molecule has 3 saturated carbocycles. The fourth-order valence-corrected chi connectivity index (χ4v) is 3.50. The first-order valence-electron chi connectivity index (χ1n) is 7.40. The van der Waals surface area contributed by atoms with Crippen LogP contribution in [0.2, 0.25) is 0 Å². The normalized spacial score (nSPS) is 36.9. The van der Waals surface area contributed by atoms with Crippen LogP contribution < -0.4 is 11.1 Å². The van der Waals surface area contributed by atoms with E-state index in [0.717, 1.165) is 25.3 Å². The topological polar surface area (TPSA) is 58.4 Å². The Morgan fingerprint density at radius 3 is 2.44 bits per heavy atom. The zero-order valence-corrected chi connectivity index (χ0v) is 11.3. The lowest BCUT2D eigenvalue weighted by Gasteiger charge is -2.39. The van der Waals surface area contributed by atoms with Crippen molar-refractivity contribution in [2.24, 2.45) is 5.73 Å². The molecule has 2 unspecified atom stereocenters. The first kappa shape index (κ1) is 12.4. The Balaban J connectivity index is 1.64. The average Bonchev–Trinajstić information content (AvgIpc) is 2.92. The highest BCUT2D eigenvalue weighted by Gasteiger charge is 2.48. The molecule has 0 bridgehead atoms. The van der Waals surface area contributed by atoms with Gasteiger partial charge in [-0.15, -0.1) is 0 Å². The molecule has 4 nitrogen and oxygen atoms in total. The highest BCUT2D eigenvalue weighted by atomic mass is 16.1. The molecule has 0 aliphatic heterocycles. The summed E-state index contributed by atoms with van der Waals surface area (Å²) < 4.78 is 0. The van der Waals surface area contributed by atoms with Crippen molar-refractivity contribution in [1.82, 2.24) is 10.2 Å². The lowest BCUT2D eigenvalue weighted by molar-refractivity contribution is -0.124.